The number of hydrogen-bond donors (Lipinski definition) is 2. The minimum Gasteiger partial charge on any atom is -0.469 e. The Hall–Kier alpha value is -2.57. The van der Waals surface area contributed by atoms with Crippen molar-refractivity contribution in [1.82, 2.24) is 10.4 Å². The van der Waals surface area contributed by atoms with Crippen LogP contribution < -0.4 is 10.7 Å². The summed E-state index contributed by atoms with van der Waals surface area (Å²) in [6.07, 6.45) is 0.0106. The fourth-order valence-corrected chi connectivity index (χ4v) is 2.45. The minimum atomic E-state index is -0.655. The van der Waals surface area contributed by atoms with Crippen molar-refractivity contribution in [2.75, 3.05) is 19.0 Å². The monoisotopic (exact) mass is 333 g/mol. The van der Waals surface area contributed by atoms with Gasteiger partial charge in [0.2, 0.25) is 5.91 Å². The molecule has 0 saturated carbocycles. The zero-order valence-electron chi connectivity index (χ0n) is 14.4. The zero-order chi connectivity index (χ0) is 17.9. The molecule has 1 fully saturated rings. The van der Waals surface area contributed by atoms with Crippen LogP contribution in [0.3, 0.4) is 0 Å². The molecule has 1 aromatic carbocycles. The van der Waals surface area contributed by atoms with E-state index in [9.17, 15) is 14.4 Å². The second-order valence-corrected chi connectivity index (χ2v) is 6.83. The number of esters is 1. The minimum absolute atomic E-state index is 0.0106. The first-order chi connectivity index (χ1) is 11.2. The van der Waals surface area contributed by atoms with Crippen LogP contribution >= 0.6 is 0 Å². The Morgan fingerprint density at radius 3 is 2.42 bits per heavy atom. The third kappa shape index (κ3) is 4.24. The summed E-state index contributed by atoms with van der Waals surface area (Å²) in [5, 5.41) is 3.81. The normalized spacial score (nSPS) is 17.9. The van der Waals surface area contributed by atoms with Crippen LogP contribution in [-0.4, -0.2) is 36.6 Å². The van der Waals surface area contributed by atoms with Gasteiger partial charge in [0.05, 0.1) is 19.6 Å². The molecule has 7 heteroatoms. The first-order valence-electron chi connectivity index (χ1n) is 7.77. The molecule has 0 bridgehead atoms. The van der Waals surface area contributed by atoms with Gasteiger partial charge in [0.25, 0.3) is 0 Å². The van der Waals surface area contributed by atoms with Crippen molar-refractivity contribution in [2.24, 2.45) is 5.92 Å². The highest BCUT2D eigenvalue weighted by Crippen LogP contribution is 2.23. The van der Waals surface area contributed by atoms with E-state index in [1.165, 1.54) is 7.11 Å². The van der Waals surface area contributed by atoms with Gasteiger partial charge >= 0.3 is 12.0 Å². The Labute approximate surface area is 141 Å². The molecule has 1 aliphatic heterocycles. The van der Waals surface area contributed by atoms with Crippen molar-refractivity contribution in [3.05, 3.63) is 29.8 Å². The Morgan fingerprint density at radius 2 is 1.88 bits per heavy atom. The van der Waals surface area contributed by atoms with Gasteiger partial charge in [-0.1, -0.05) is 32.9 Å². The summed E-state index contributed by atoms with van der Waals surface area (Å²) in [4.78, 5) is 35.6. The quantitative estimate of drug-likeness (QED) is 0.811. The van der Waals surface area contributed by atoms with E-state index in [-0.39, 0.29) is 18.4 Å². The van der Waals surface area contributed by atoms with Gasteiger partial charge in [-0.2, -0.15) is 0 Å². The number of rotatable bonds is 2. The highest BCUT2D eigenvalue weighted by molar-refractivity contribution is 5.93. The van der Waals surface area contributed by atoms with Gasteiger partial charge in [0.15, 0.2) is 0 Å². The second-order valence-electron chi connectivity index (χ2n) is 6.83. The molecule has 2 rings (SSSR count). The number of benzene rings is 1. The molecule has 3 amide bonds. The summed E-state index contributed by atoms with van der Waals surface area (Å²) < 4.78 is 4.65. The lowest BCUT2D eigenvalue weighted by molar-refractivity contribution is -0.151. The molecule has 7 nitrogen and oxygen atoms in total. The first kappa shape index (κ1) is 17.8. The predicted molar refractivity (Wildman–Crippen MR) is 89.1 cm³/mol. The second kappa shape index (κ2) is 6.90. The van der Waals surface area contributed by atoms with Crippen LogP contribution in [-0.2, 0) is 19.7 Å². The largest absolute Gasteiger partial charge is 0.469 e. The third-order valence-corrected chi connectivity index (χ3v) is 3.88. The molecule has 24 heavy (non-hydrogen) atoms. The van der Waals surface area contributed by atoms with Crippen molar-refractivity contribution in [2.45, 2.75) is 32.6 Å². The van der Waals surface area contributed by atoms with Crippen LogP contribution in [0, 0.1) is 5.92 Å². The summed E-state index contributed by atoms with van der Waals surface area (Å²) in [7, 11) is 1.26. The number of amides is 3. The topological polar surface area (TPSA) is 87.7 Å². The molecule has 130 valence electrons. The van der Waals surface area contributed by atoms with E-state index >= 15 is 0 Å². The molecule has 0 spiro atoms. The number of carbonyl (C=O) groups excluding carboxylic acids is 3. The smallest absolute Gasteiger partial charge is 0.340 e. The van der Waals surface area contributed by atoms with E-state index in [0.29, 0.717) is 5.69 Å². The Bertz CT molecular complexity index is 634. The summed E-state index contributed by atoms with van der Waals surface area (Å²) in [6.45, 7) is 6.40. The number of urea groups is 1. The Balaban J connectivity index is 2.03. The number of ether oxygens (including phenoxy) is 1. The summed E-state index contributed by atoms with van der Waals surface area (Å²) in [6, 6.07) is 7.01. The predicted octanol–water partition coefficient (Wildman–Crippen LogP) is 2.04. The van der Waals surface area contributed by atoms with E-state index in [4.69, 9.17) is 0 Å². The molecule has 0 radical (unpaired) electrons. The lowest BCUT2D eigenvalue weighted by Crippen LogP contribution is -2.56. The lowest BCUT2D eigenvalue weighted by atomic mass is 9.87. The zero-order valence-corrected chi connectivity index (χ0v) is 14.4. The van der Waals surface area contributed by atoms with Crippen LogP contribution in [0.1, 0.15) is 32.8 Å². The highest BCUT2D eigenvalue weighted by Gasteiger charge is 2.33. The van der Waals surface area contributed by atoms with Crippen LogP contribution in [0.25, 0.3) is 0 Å². The molecule has 1 aromatic rings. The van der Waals surface area contributed by atoms with Crippen molar-refractivity contribution in [3.63, 3.8) is 0 Å². The van der Waals surface area contributed by atoms with E-state index < -0.39 is 23.8 Å². The molecule has 0 aromatic heterocycles. The van der Waals surface area contributed by atoms with Crippen LogP contribution in [0.4, 0.5) is 10.5 Å². The van der Waals surface area contributed by atoms with Gasteiger partial charge < -0.3 is 10.1 Å². The van der Waals surface area contributed by atoms with Gasteiger partial charge in [0, 0.05) is 12.1 Å². The summed E-state index contributed by atoms with van der Waals surface area (Å²) in [5.41, 5.74) is 4.24. The lowest BCUT2D eigenvalue weighted by Gasteiger charge is -2.31. The molecule has 1 saturated heterocycles. The van der Waals surface area contributed by atoms with Crippen LogP contribution in [0.2, 0.25) is 0 Å². The third-order valence-electron chi connectivity index (χ3n) is 3.88. The molecule has 2 N–H and O–H groups in total. The fourth-order valence-electron chi connectivity index (χ4n) is 2.45. The van der Waals surface area contributed by atoms with E-state index in [1.54, 1.807) is 0 Å². The molecule has 1 heterocycles. The average Bonchev–Trinajstić information content (AvgIpc) is 2.53. The maximum atomic E-state index is 12.3. The SMILES string of the molecule is COC(=O)C1CC(=O)NN(C(=O)Nc2ccc(C(C)(C)C)cc2)C1. The van der Waals surface area contributed by atoms with E-state index in [1.807, 2.05) is 24.3 Å². The number of nitrogens with zero attached hydrogens (tertiary/aromatic N) is 1. The number of hydrazine groups is 1. The number of nitrogens with one attached hydrogen (secondary N) is 2. The Kier molecular flexibility index (Phi) is 5.11. The molecule has 1 unspecified atom stereocenters. The number of carbonyl (C=O) groups is 3. The first-order valence-corrected chi connectivity index (χ1v) is 7.77. The number of hydrogen-bond acceptors (Lipinski definition) is 4. The molecule has 0 aliphatic carbocycles. The van der Waals surface area contributed by atoms with Crippen molar-refractivity contribution < 1.29 is 19.1 Å². The summed E-state index contributed by atoms with van der Waals surface area (Å²) >= 11 is 0. The molecule has 1 atom stereocenters. The fraction of sp³-hybridized carbons (Fsp3) is 0.471. The molecular formula is C17H23N3O4. The van der Waals surface area contributed by atoms with Gasteiger partial charge in [-0.05, 0) is 23.1 Å². The van der Waals surface area contributed by atoms with Crippen LogP contribution in [0.5, 0.6) is 0 Å². The Morgan fingerprint density at radius 1 is 1.25 bits per heavy atom. The van der Waals surface area contributed by atoms with E-state index in [0.717, 1.165) is 10.6 Å². The molecular weight excluding hydrogens is 310 g/mol. The average molecular weight is 333 g/mol. The maximum absolute atomic E-state index is 12.3. The standard InChI is InChI=1S/C17H23N3O4/c1-17(2,3)12-5-7-13(8-6-12)18-16(23)20-10-11(15(22)24-4)9-14(21)19-20/h5-8,11H,9-10H2,1-4H3,(H,18,23)(H,19,21). The van der Waals surface area contributed by atoms with Gasteiger partial charge in [-0.15, -0.1) is 0 Å². The van der Waals surface area contributed by atoms with Crippen molar-refractivity contribution in [3.8, 4) is 0 Å². The number of anilines is 1. The van der Waals surface area contributed by atoms with Crippen molar-refractivity contribution >= 4 is 23.6 Å². The molecule has 1 aliphatic rings. The van der Waals surface area contributed by atoms with Gasteiger partial charge in [-0.25, -0.2) is 9.80 Å². The van der Waals surface area contributed by atoms with Crippen LogP contribution in [0.15, 0.2) is 24.3 Å². The maximum Gasteiger partial charge on any atom is 0.340 e. The van der Waals surface area contributed by atoms with Gasteiger partial charge in [0.1, 0.15) is 0 Å². The highest BCUT2D eigenvalue weighted by atomic mass is 16.5. The van der Waals surface area contributed by atoms with E-state index in [2.05, 4.69) is 36.3 Å². The van der Waals surface area contributed by atoms with Gasteiger partial charge in [-0.3, -0.25) is 15.0 Å². The summed E-state index contributed by atoms with van der Waals surface area (Å²) in [5.74, 6) is -1.55. The number of methoxy groups -OCH3 is 1. The van der Waals surface area contributed by atoms with Crippen molar-refractivity contribution in [1.29, 1.82) is 0 Å².